The van der Waals surface area contributed by atoms with E-state index in [1.54, 1.807) is 0 Å². The van der Waals surface area contributed by atoms with Gasteiger partial charge in [-0.3, -0.25) is 0 Å². The first-order chi connectivity index (χ1) is 12.1. The number of pyridine rings is 1. The van der Waals surface area contributed by atoms with Gasteiger partial charge < -0.3 is 9.80 Å². The summed E-state index contributed by atoms with van der Waals surface area (Å²) in [5.74, 6) is 1.13. The lowest BCUT2D eigenvalue weighted by Gasteiger charge is -2.34. The maximum atomic E-state index is 5.12. The number of benzene rings is 2. The molecular weight excluding hydrogens is 306 g/mol. The maximum absolute atomic E-state index is 5.12. The van der Waals surface area contributed by atoms with E-state index in [2.05, 4.69) is 79.2 Å². The molecule has 0 amide bonds. The monoisotopic (exact) mass is 331 g/mol. The van der Waals surface area contributed by atoms with Crippen molar-refractivity contribution < 1.29 is 0 Å². The Bertz CT molecular complexity index is 908. The van der Waals surface area contributed by atoms with E-state index in [4.69, 9.17) is 4.98 Å². The fraction of sp³-hybridized carbons (Fsp3) is 0.318. The summed E-state index contributed by atoms with van der Waals surface area (Å²) in [5, 5.41) is 2.54. The minimum atomic E-state index is 1.03. The van der Waals surface area contributed by atoms with E-state index >= 15 is 0 Å². The molecule has 4 rings (SSSR count). The summed E-state index contributed by atoms with van der Waals surface area (Å²) < 4.78 is 0. The molecule has 3 aromatic rings. The fourth-order valence-corrected chi connectivity index (χ4v) is 3.62. The third-order valence-electron chi connectivity index (χ3n) is 5.19. The van der Waals surface area contributed by atoms with Crippen molar-refractivity contribution in [3.8, 4) is 11.3 Å². The first kappa shape index (κ1) is 16.1. The van der Waals surface area contributed by atoms with Gasteiger partial charge in [-0.2, -0.15) is 0 Å². The molecule has 25 heavy (non-hydrogen) atoms. The highest BCUT2D eigenvalue weighted by molar-refractivity contribution is 5.95. The van der Waals surface area contributed by atoms with Crippen molar-refractivity contribution in [1.29, 1.82) is 0 Å². The van der Waals surface area contributed by atoms with Gasteiger partial charge in [-0.05, 0) is 37.9 Å². The molecule has 1 aliphatic heterocycles. The van der Waals surface area contributed by atoms with Crippen LogP contribution in [-0.2, 0) is 0 Å². The lowest BCUT2D eigenvalue weighted by Crippen LogP contribution is -2.44. The Morgan fingerprint density at radius 1 is 0.880 bits per heavy atom. The van der Waals surface area contributed by atoms with Crippen LogP contribution in [0.3, 0.4) is 0 Å². The highest BCUT2D eigenvalue weighted by Crippen LogP contribution is 2.32. The first-order valence-electron chi connectivity index (χ1n) is 9.03. The highest BCUT2D eigenvalue weighted by atomic mass is 15.3. The number of aryl methyl sites for hydroxylation is 2. The Hall–Kier alpha value is -2.39. The molecule has 0 N–H and O–H groups in total. The van der Waals surface area contributed by atoms with Crippen molar-refractivity contribution in [3.63, 3.8) is 0 Å². The van der Waals surface area contributed by atoms with Crippen molar-refractivity contribution in [2.75, 3.05) is 38.1 Å². The normalized spacial score (nSPS) is 15.7. The molecular formula is C22H25N3. The molecule has 1 aliphatic rings. The molecule has 0 aliphatic carbocycles. The Morgan fingerprint density at radius 2 is 1.64 bits per heavy atom. The molecule has 128 valence electrons. The second-order valence-corrected chi connectivity index (χ2v) is 7.16. The van der Waals surface area contributed by atoms with E-state index in [0.29, 0.717) is 0 Å². The molecule has 1 saturated heterocycles. The molecule has 2 aromatic carbocycles. The predicted octanol–water partition coefficient (Wildman–Crippen LogP) is 4.27. The van der Waals surface area contributed by atoms with Crippen LogP contribution in [0.25, 0.3) is 22.0 Å². The molecule has 3 heteroatoms. The number of likely N-dealkylation sites (N-methyl/N-ethyl adjacent to an activating group) is 1. The second kappa shape index (κ2) is 6.49. The van der Waals surface area contributed by atoms with E-state index < -0.39 is 0 Å². The number of rotatable bonds is 2. The summed E-state index contributed by atoms with van der Waals surface area (Å²) in [6.45, 7) is 8.55. The van der Waals surface area contributed by atoms with Crippen LogP contribution in [0.4, 0.5) is 5.82 Å². The second-order valence-electron chi connectivity index (χ2n) is 7.16. The average Bonchev–Trinajstić information content (AvgIpc) is 2.61. The zero-order valence-corrected chi connectivity index (χ0v) is 15.3. The van der Waals surface area contributed by atoms with Crippen molar-refractivity contribution in [1.82, 2.24) is 9.88 Å². The number of nitrogens with zero attached hydrogens (tertiary/aromatic N) is 3. The van der Waals surface area contributed by atoms with Crippen LogP contribution in [0.15, 0.2) is 48.5 Å². The number of aromatic nitrogens is 1. The fourth-order valence-electron chi connectivity index (χ4n) is 3.62. The third kappa shape index (κ3) is 3.12. The van der Waals surface area contributed by atoms with Crippen molar-refractivity contribution in [3.05, 3.63) is 59.7 Å². The van der Waals surface area contributed by atoms with Gasteiger partial charge in [-0.1, -0.05) is 48.0 Å². The smallest absolute Gasteiger partial charge is 0.137 e. The quantitative estimate of drug-likeness (QED) is 0.699. The molecule has 3 nitrogen and oxygen atoms in total. The van der Waals surface area contributed by atoms with Crippen molar-refractivity contribution >= 4 is 16.6 Å². The van der Waals surface area contributed by atoms with Crippen LogP contribution in [-0.4, -0.2) is 43.1 Å². The Balaban J connectivity index is 1.89. The summed E-state index contributed by atoms with van der Waals surface area (Å²) in [6, 6.07) is 17.5. The summed E-state index contributed by atoms with van der Waals surface area (Å²) in [6.07, 6.45) is 0. The van der Waals surface area contributed by atoms with Crippen LogP contribution in [0.2, 0.25) is 0 Å². The molecule has 1 fully saturated rings. The molecule has 0 bridgehead atoms. The van der Waals surface area contributed by atoms with Gasteiger partial charge in [-0.15, -0.1) is 0 Å². The van der Waals surface area contributed by atoms with E-state index in [9.17, 15) is 0 Å². The molecule has 0 spiro atoms. The van der Waals surface area contributed by atoms with Gasteiger partial charge in [0.15, 0.2) is 0 Å². The predicted molar refractivity (Wildman–Crippen MR) is 106 cm³/mol. The van der Waals surface area contributed by atoms with Gasteiger partial charge in [0.05, 0.1) is 5.69 Å². The number of hydrogen-bond donors (Lipinski definition) is 0. The Kier molecular flexibility index (Phi) is 4.18. The van der Waals surface area contributed by atoms with Gasteiger partial charge in [0.1, 0.15) is 5.82 Å². The average molecular weight is 331 g/mol. The maximum Gasteiger partial charge on any atom is 0.137 e. The van der Waals surface area contributed by atoms with Gasteiger partial charge in [0.2, 0.25) is 0 Å². The SMILES string of the molecule is Cc1ccc2c(N3CCN(C)CC3)nc(-c3ccccc3C)cc2c1. The number of hydrogen-bond acceptors (Lipinski definition) is 3. The molecule has 0 atom stereocenters. The minimum Gasteiger partial charge on any atom is -0.354 e. The molecule has 0 radical (unpaired) electrons. The number of fused-ring (bicyclic) bond motifs is 1. The van der Waals surface area contributed by atoms with Gasteiger partial charge >= 0.3 is 0 Å². The Labute approximate surface area is 149 Å². The van der Waals surface area contributed by atoms with Crippen molar-refractivity contribution in [2.45, 2.75) is 13.8 Å². The van der Waals surface area contributed by atoms with E-state index in [-0.39, 0.29) is 0 Å². The van der Waals surface area contributed by atoms with Crippen LogP contribution in [0.1, 0.15) is 11.1 Å². The third-order valence-corrected chi connectivity index (χ3v) is 5.19. The van der Waals surface area contributed by atoms with Gasteiger partial charge in [-0.25, -0.2) is 4.98 Å². The lowest BCUT2D eigenvalue weighted by atomic mass is 10.0. The standard InChI is InChI=1S/C22H25N3/c1-16-8-9-20-18(14-16)15-21(19-7-5-4-6-17(19)2)23-22(20)25-12-10-24(3)11-13-25/h4-9,14-15H,10-13H2,1-3H3. The summed E-state index contributed by atoms with van der Waals surface area (Å²) in [7, 11) is 2.19. The van der Waals surface area contributed by atoms with Crippen molar-refractivity contribution in [2.24, 2.45) is 0 Å². The van der Waals surface area contributed by atoms with Crippen LogP contribution < -0.4 is 4.90 Å². The molecule has 1 aromatic heterocycles. The van der Waals surface area contributed by atoms with Crippen LogP contribution >= 0.6 is 0 Å². The summed E-state index contributed by atoms with van der Waals surface area (Å²) in [5.41, 5.74) is 4.86. The van der Waals surface area contributed by atoms with E-state index in [1.165, 1.54) is 27.5 Å². The first-order valence-corrected chi connectivity index (χ1v) is 9.03. The van der Waals surface area contributed by atoms with E-state index in [1.807, 2.05) is 0 Å². The highest BCUT2D eigenvalue weighted by Gasteiger charge is 2.19. The summed E-state index contributed by atoms with van der Waals surface area (Å²) >= 11 is 0. The molecule has 0 unspecified atom stereocenters. The minimum absolute atomic E-state index is 1.03. The Morgan fingerprint density at radius 3 is 2.40 bits per heavy atom. The van der Waals surface area contributed by atoms with Crippen LogP contribution in [0, 0.1) is 13.8 Å². The van der Waals surface area contributed by atoms with Gasteiger partial charge in [0, 0.05) is 37.1 Å². The summed E-state index contributed by atoms with van der Waals surface area (Å²) in [4.78, 5) is 9.94. The van der Waals surface area contributed by atoms with E-state index in [0.717, 1.165) is 37.7 Å². The number of piperazine rings is 1. The van der Waals surface area contributed by atoms with Gasteiger partial charge in [0.25, 0.3) is 0 Å². The number of anilines is 1. The largest absolute Gasteiger partial charge is 0.354 e. The zero-order chi connectivity index (χ0) is 17.4. The zero-order valence-electron chi connectivity index (χ0n) is 15.3. The topological polar surface area (TPSA) is 19.4 Å². The van der Waals surface area contributed by atoms with Crippen LogP contribution in [0.5, 0.6) is 0 Å². The molecule has 2 heterocycles. The lowest BCUT2D eigenvalue weighted by molar-refractivity contribution is 0.312. The molecule has 0 saturated carbocycles.